The molecule has 0 unspecified atom stereocenters. The molecule has 0 saturated carbocycles. The number of H-pyrrole nitrogens is 1. The summed E-state index contributed by atoms with van der Waals surface area (Å²) >= 11 is 3.42. The fraction of sp³-hybridized carbons (Fsp3) is 0.200. The van der Waals surface area contributed by atoms with E-state index < -0.39 is 0 Å². The Morgan fingerprint density at radius 1 is 1.24 bits per heavy atom. The molecule has 25 heavy (non-hydrogen) atoms. The van der Waals surface area contributed by atoms with Crippen molar-refractivity contribution in [2.45, 2.75) is 19.3 Å². The first-order valence-electron chi connectivity index (χ1n) is 7.87. The van der Waals surface area contributed by atoms with Crippen molar-refractivity contribution in [1.82, 2.24) is 4.98 Å². The van der Waals surface area contributed by atoms with Crippen LogP contribution < -0.4 is 4.74 Å². The number of aromatic nitrogens is 1. The van der Waals surface area contributed by atoms with Gasteiger partial charge in [-0.1, -0.05) is 13.8 Å². The summed E-state index contributed by atoms with van der Waals surface area (Å²) in [6, 6.07) is 11.4. The Morgan fingerprint density at radius 2 is 2.00 bits per heavy atom. The minimum absolute atomic E-state index is 0.00478. The number of nitrogens with one attached hydrogen (secondary N) is 1. The zero-order valence-corrected chi connectivity index (χ0v) is 15.6. The number of carbonyl (C=O) groups excluding carboxylic acids is 1. The molecule has 1 aliphatic carbocycles. The van der Waals surface area contributed by atoms with Gasteiger partial charge in [-0.2, -0.15) is 5.26 Å². The number of ether oxygens (including phenoxy) is 1. The number of nitriles is 1. The van der Waals surface area contributed by atoms with Crippen LogP contribution in [0.15, 0.2) is 34.8 Å². The number of methoxy groups -OCH3 is 1. The lowest BCUT2D eigenvalue weighted by Crippen LogP contribution is -2.30. The Bertz CT molecular complexity index is 1100. The van der Waals surface area contributed by atoms with Crippen molar-refractivity contribution in [2.75, 3.05) is 7.11 Å². The van der Waals surface area contributed by atoms with Crippen LogP contribution in [0.3, 0.4) is 0 Å². The van der Waals surface area contributed by atoms with E-state index >= 15 is 0 Å². The number of fused-ring (bicyclic) bond motifs is 4. The maximum Gasteiger partial charge on any atom is 0.195 e. The monoisotopic (exact) mass is 394 g/mol. The highest BCUT2D eigenvalue weighted by Gasteiger charge is 2.39. The van der Waals surface area contributed by atoms with Gasteiger partial charge in [0, 0.05) is 32.0 Å². The molecule has 2 aromatic carbocycles. The molecule has 0 fully saturated rings. The van der Waals surface area contributed by atoms with Crippen molar-refractivity contribution in [1.29, 1.82) is 5.26 Å². The summed E-state index contributed by atoms with van der Waals surface area (Å²) in [6.45, 7) is 4.18. The van der Waals surface area contributed by atoms with Crippen molar-refractivity contribution in [3.8, 4) is 11.8 Å². The second-order valence-corrected chi connectivity index (χ2v) is 7.58. The Labute approximate surface area is 153 Å². The van der Waals surface area contributed by atoms with Gasteiger partial charge in [0.15, 0.2) is 5.78 Å². The highest BCUT2D eigenvalue weighted by atomic mass is 79.9. The topological polar surface area (TPSA) is 65.9 Å². The van der Waals surface area contributed by atoms with E-state index in [0.717, 1.165) is 27.9 Å². The van der Waals surface area contributed by atoms with Gasteiger partial charge in [0.05, 0.1) is 18.2 Å². The van der Waals surface area contributed by atoms with Gasteiger partial charge in [0.25, 0.3) is 0 Å². The smallest absolute Gasteiger partial charge is 0.195 e. The van der Waals surface area contributed by atoms with Crippen LogP contribution in [0.5, 0.6) is 5.75 Å². The van der Waals surface area contributed by atoms with Crippen LogP contribution in [-0.2, 0) is 5.41 Å². The normalized spacial score (nSPS) is 14.8. The van der Waals surface area contributed by atoms with Gasteiger partial charge in [0.2, 0.25) is 0 Å². The van der Waals surface area contributed by atoms with E-state index in [-0.39, 0.29) is 11.2 Å². The second-order valence-electron chi connectivity index (χ2n) is 6.73. The van der Waals surface area contributed by atoms with Crippen LogP contribution in [0, 0.1) is 11.3 Å². The van der Waals surface area contributed by atoms with Crippen LogP contribution >= 0.6 is 15.9 Å². The first-order valence-corrected chi connectivity index (χ1v) is 8.66. The maximum absolute atomic E-state index is 13.2. The maximum atomic E-state index is 13.2. The Balaban J connectivity index is 2.07. The number of rotatable bonds is 1. The molecule has 0 atom stereocenters. The lowest BCUT2D eigenvalue weighted by atomic mass is 9.71. The largest absolute Gasteiger partial charge is 0.497 e. The minimum atomic E-state index is -0.384. The summed E-state index contributed by atoms with van der Waals surface area (Å²) in [5, 5.41) is 10.1. The lowest BCUT2D eigenvalue weighted by molar-refractivity contribution is 0.103. The molecule has 0 bridgehead atoms. The first kappa shape index (κ1) is 15.9. The van der Waals surface area contributed by atoms with Gasteiger partial charge in [-0.05, 0) is 51.8 Å². The van der Waals surface area contributed by atoms with Crippen molar-refractivity contribution in [3.63, 3.8) is 0 Å². The molecule has 1 aliphatic rings. The van der Waals surface area contributed by atoms with E-state index in [2.05, 4.69) is 40.8 Å². The third-order valence-electron chi connectivity index (χ3n) is 5.00. The number of ketones is 1. The molecule has 124 valence electrons. The lowest BCUT2D eigenvalue weighted by Gasteiger charge is -2.32. The molecule has 0 aliphatic heterocycles. The van der Waals surface area contributed by atoms with E-state index in [1.165, 1.54) is 0 Å². The molecule has 4 rings (SSSR count). The van der Waals surface area contributed by atoms with E-state index in [9.17, 15) is 10.1 Å². The molecule has 1 aromatic heterocycles. The Kier molecular flexibility index (Phi) is 3.32. The predicted molar refractivity (Wildman–Crippen MR) is 99.3 cm³/mol. The van der Waals surface area contributed by atoms with E-state index in [1.54, 1.807) is 13.2 Å². The van der Waals surface area contributed by atoms with Gasteiger partial charge in [-0.15, -0.1) is 0 Å². The zero-order valence-electron chi connectivity index (χ0n) is 14.0. The molecule has 0 radical (unpaired) electrons. The number of nitrogens with zero attached hydrogens (tertiary/aromatic N) is 1. The van der Waals surface area contributed by atoms with Gasteiger partial charge in [-0.3, -0.25) is 4.79 Å². The molecule has 0 amide bonds. The fourth-order valence-electron chi connectivity index (χ4n) is 3.64. The van der Waals surface area contributed by atoms with Gasteiger partial charge >= 0.3 is 0 Å². The van der Waals surface area contributed by atoms with Gasteiger partial charge in [-0.25, -0.2) is 0 Å². The van der Waals surface area contributed by atoms with Crippen molar-refractivity contribution < 1.29 is 9.53 Å². The summed E-state index contributed by atoms with van der Waals surface area (Å²) in [4.78, 5) is 16.6. The number of halogens is 1. The highest BCUT2D eigenvalue weighted by molar-refractivity contribution is 9.10. The third kappa shape index (κ3) is 2.07. The molecule has 3 aromatic rings. The summed E-state index contributed by atoms with van der Waals surface area (Å²) in [7, 11) is 1.62. The number of hydrogen-bond donors (Lipinski definition) is 1. The average molecular weight is 395 g/mol. The SMILES string of the molecule is COc1ccc2c(c1)C(C)(C)c1[nH]c3cc(C#N)c(Br)cc3c1C2=O. The Morgan fingerprint density at radius 3 is 2.68 bits per heavy atom. The van der Waals surface area contributed by atoms with Crippen LogP contribution in [0.4, 0.5) is 0 Å². The summed E-state index contributed by atoms with van der Waals surface area (Å²) in [5.41, 5.74) is 4.14. The summed E-state index contributed by atoms with van der Waals surface area (Å²) < 4.78 is 6.03. The van der Waals surface area contributed by atoms with Crippen molar-refractivity contribution in [2.24, 2.45) is 0 Å². The second kappa shape index (κ2) is 5.21. The van der Waals surface area contributed by atoms with Crippen molar-refractivity contribution in [3.05, 3.63) is 62.8 Å². The van der Waals surface area contributed by atoms with Gasteiger partial charge < -0.3 is 9.72 Å². The number of hydrogen-bond acceptors (Lipinski definition) is 3. The van der Waals surface area contributed by atoms with Crippen LogP contribution in [-0.4, -0.2) is 17.9 Å². The predicted octanol–water partition coefficient (Wildman–Crippen LogP) is 4.68. The summed E-state index contributed by atoms with van der Waals surface area (Å²) in [5.74, 6) is 0.725. The molecule has 1 heterocycles. The van der Waals surface area contributed by atoms with Crippen LogP contribution in [0.25, 0.3) is 10.9 Å². The average Bonchev–Trinajstić information content (AvgIpc) is 2.98. The minimum Gasteiger partial charge on any atom is -0.497 e. The molecular weight excluding hydrogens is 380 g/mol. The molecule has 1 N–H and O–H groups in total. The number of carbonyl (C=O) groups is 1. The molecule has 4 nitrogen and oxygen atoms in total. The van der Waals surface area contributed by atoms with E-state index in [4.69, 9.17) is 4.74 Å². The standard InChI is InChI=1S/C20H15BrN2O2/c1-20(2)14-7-11(25-3)4-5-12(14)18(24)17-13-8-15(21)10(9-22)6-16(13)23-19(17)20/h4-8,23H,1-3H3. The molecule has 0 spiro atoms. The first-order chi connectivity index (χ1) is 11.9. The number of aromatic amines is 1. The van der Waals surface area contributed by atoms with Crippen LogP contribution in [0.1, 0.15) is 46.6 Å². The number of benzene rings is 2. The zero-order chi connectivity index (χ0) is 17.9. The third-order valence-corrected chi connectivity index (χ3v) is 5.66. The highest BCUT2D eigenvalue weighted by Crippen LogP contribution is 2.45. The van der Waals surface area contributed by atoms with Gasteiger partial charge in [0.1, 0.15) is 11.8 Å². The Hall–Kier alpha value is -2.58. The fourth-order valence-corrected chi connectivity index (χ4v) is 4.07. The molecule has 5 heteroatoms. The van der Waals surface area contributed by atoms with Crippen LogP contribution in [0.2, 0.25) is 0 Å². The summed E-state index contributed by atoms with van der Waals surface area (Å²) in [6.07, 6.45) is 0. The molecular formula is C20H15BrN2O2. The van der Waals surface area contributed by atoms with E-state index in [1.807, 2.05) is 24.3 Å². The molecule has 0 saturated heterocycles. The van der Waals surface area contributed by atoms with E-state index in [0.29, 0.717) is 21.2 Å². The quantitative estimate of drug-likeness (QED) is 0.651. The van der Waals surface area contributed by atoms with Crippen molar-refractivity contribution >= 4 is 32.6 Å².